The quantitative estimate of drug-likeness (QED) is 0.607. The van der Waals surface area contributed by atoms with Crippen molar-refractivity contribution < 1.29 is 9.53 Å². The molecule has 0 aliphatic carbocycles. The lowest BCUT2D eigenvalue weighted by atomic mass is 9.92. The number of carbonyl (C=O) groups excluding carboxylic acids is 1. The normalized spacial score (nSPS) is 34.1. The van der Waals surface area contributed by atoms with Gasteiger partial charge in [0.15, 0.2) is 0 Å². The number of ether oxygens (including phenoxy) is 1. The number of hydrogen-bond acceptors (Lipinski definition) is 2. The average Bonchev–Trinajstić information content (AvgIpc) is 2.52. The van der Waals surface area contributed by atoms with Gasteiger partial charge in [-0.05, 0) is 32.6 Å². The second-order valence-corrected chi connectivity index (χ2v) is 4.25. The van der Waals surface area contributed by atoms with Crippen LogP contribution >= 0.6 is 0 Å². The number of rotatable bonds is 1. The number of nitrogens with zero attached hydrogens (tertiary/aromatic N) is 1. The summed E-state index contributed by atoms with van der Waals surface area (Å²) in [5.41, 5.74) is 0. The van der Waals surface area contributed by atoms with E-state index in [4.69, 9.17) is 4.74 Å². The molecule has 0 N–H and O–H groups in total. The first-order valence-corrected chi connectivity index (χ1v) is 5.12. The SMILES string of the molecule is CC(C)N1CC[C@H]2CCO[C@H]2C1=O. The number of carbonyl (C=O) groups is 1. The zero-order valence-electron chi connectivity index (χ0n) is 8.32. The zero-order chi connectivity index (χ0) is 9.42. The average molecular weight is 183 g/mol. The Balaban J connectivity index is 2.09. The second kappa shape index (κ2) is 3.29. The summed E-state index contributed by atoms with van der Waals surface area (Å²) in [4.78, 5) is 13.8. The lowest BCUT2D eigenvalue weighted by Crippen LogP contribution is -2.50. The van der Waals surface area contributed by atoms with Crippen LogP contribution in [0.3, 0.4) is 0 Å². The van der Waals surface area contributed by atoms with Crippen molar-refractivity contribution in [3.05, 3.63) is 0 Å². The molecule has 0 bridgehead atoms. The lowest BCUT2D eigenvalue weighted by molar-refractivity contribution is -0.148. The van der Waals surface area contributed by atoms with E-state index in [1.54, 1.807) is 0 Å². The summed E-state index contributed by atoms with van der Waals surface area (Å²) in [7, 11) is 0. The fraction of sp³-hybridized carbons (Fsp3) is 0.900. The highest BCUT2D eigenvalue weighted by atomic mass is 16.5. The predicted octanol–water partition coefficient (Wildman–Crippen LogP) is 1.03. The fourth-order valence-electron chi connectivity index (χ4n) is 2.29. The lowest BCUT2D eigenvalue weighted by Gasteiger charge is -2.36. The third-order valence-corrected chi connectivity index (χ3v) is 3.10. The van der Waals surface area contributed by atoms with Crippen LogP contribution in [0.2, 0.25) is 0 Å². The fourth-order valence-corrected chi connectivity index (χ4v) is 2.29. The van der Waals surface area contributed by atoms with Gasteiger partial charge in [0.25, 0.3) is 5.91 Å². The van der Waals surface area contributed by atoms with Crippen LogP contribution in [0.5, 0.6) is 0 Å². The molecule has 2 fully saturated rings. The van der Waals surface area contributed by atoms with Gasteiger partial charge < -0.3 is 9.64 Å². The summed E-state index contributed by atoms with van der Waals surface area (Å²) < 4.78 is 5.46. The van der Waals surface area contributed by atoms with Crippen LogP contribution in [0, 0.1) is 5.92 Å². The Morgan fingerprint density at radius 3 is 2.92 bits per heavy atom. The van der Waals surface area contributed by atoms with Gasteiger partial charge in [-0.1, -0.05) is 0 Å². The molecule has 0 aromatic carbocycles. The van der Waals surface area contributed by atoms with E-state index in [2.05, 4.69) is 13.8 Å². The van der Waals surface area contributed by atoms with Crippen molar-refractivity contribution in [2.24, 2.45) is 5.92 Å². The number of fused-ring (bicyclic) bond motifs is 1. The van der Waals surface area contributed by atoms with E-state index in [-0.39, 0.29) is 12.0 Å². The predicted molar refractivity (Wildman–Crippen MR) is 49.3 cm³/mol. The maximum absolute atomic E-state index is 11.8. The molecule has 0 spiro atoms. The molecule has 2 rings (SSSR count). The molecule has 2 heterocycles. The van der Waals surface area contributed by atoms with E-state index < -0.39 is 0 Å². The molecular formula is C10H17NO2. The Hall–Kier alpha value is -0.570. The third-order valence-electron chi connectivity index (χ3n) is 3.10. The van der Waals surface area contributed by atoms with Gasteiger partial charge in [0.2, 0.25) is 0 Å². The van der Waals surface area contributed by atoms with Crippen molar-refractivity contribution in [1.82, 2.24) is 4.90 Å². The third kappa shape index (κ3) is 1.46. The number of amides is 1. The Morgan fingerprint density at radius 2 is 2.23 bits per heavy atom. The molecule has 0 unspecified atom stereocenters. The highest BCUT2D eigenvalue weighted by molar-refractivity contribution is 5.82. The number of piperidine rings is 1. The number of hydrogen-bond donors (Lipinski definition) is 0. The Morgan fingerprint density at radius 1 is 1.46 bits per heavy atom. The first-order valence-electron chi connectivity index (χ1n) is 5.12. The smallest absolute Gasteiger partial charge is 0.252 e. The minimum atomic E-state index is -0.115. The van der Waals surface area contributed by atoms with Gasteiger partial charge in [-0.15, -0.1) is 0 Å². The van der Waals surface area contributed by atoms with Gasteiger partial charge in [0, 0.05) is 19.2 Å². The summed E-state index contributed by atoms with van der Waals surface area (Å²) in [6.45, 7) is 5.81. The Labute approximate surface area is 79.0 Å². The van der Waals surface area contributed by atoms with E-state index in [9.17, 15) is 4.79 Å². The molecule has 2 aliphatic heterocycles. The summed E-state index contributed by atoms with van der Waals surface area (Å²) in [6, 6.07) is 0.317. The van der Waals surface area contributed by atoms with Crippen LogP contribution < -0.4 is 0 Å². The molecule has 2 aliphatic rings. The summed E-state index contributed by atoms with van der Waals surface area (Å²) >= 11 is 0. The molecule has 74 valence electrons. The van der Waals surface area contributed by atoms with Crippen LogP contribution in [0.1, 0.15) is 26.7 Å². The minimum Gasteiger partial charge on any atom is -0.368 e. The van der Waals surface area contributed by atoms with Gasteiger partial charge in [0.05, 0.1) is 0 Å². The van der Waals surface area contributed by atoms with Crippen molar-refractivity contribution >= 4 is 5.91 Å². The van der Waals surface area contributed by atoms with Crippen LogP contribution in [0.25, 0.3) is 0 Å². The zero-order valence-corrected chi connectivity index (χ0v) is 8.32. The van der Waals surface area contributed by atoms with Crippen molar-refractivity contribution in [3.63, 3.8) is 0 Å². The van der Waals surface area contributed by atoms with E-state index in [1.807, 2.05) is 4.90 Å². The van der Waals surface area contributed by atoms with E-state index in [1.165, 1.54) is 0 Å². The first kappa shape index (κ1) is 9.00. The van der Waals surface area contributed by atoms with Gasteiger partial charge in [-0.2, -0.15) is 0 Å². The molecule has 1 amide bonds. The van der Waals surface area contributed by atoms with Crippen LogP contribution in [-0.2, 0) is 9.53 Å². The van der Waals surface area contributed by atoms with E-state index >= 15 is 0 Å². The van der Waals surface area contributed by atoms with E-state index in [0.29, 0.717) is 12.0 Å². The Bertz CT molecular complexity index is 211. The summed E-state index contributed by atoms with van der Waals surface area (Å²) in [6.07, 6.45) is 2.08. The largest absolute Gasteiger partial charge is 0.368 e. The van der Waals surface area contributed by atoms with Crippen molar-refractivity contribution in [3.8, 4) is 0 Å². The van der Waals surface area contributed by atoms with Crippen LogP contribution in [0.4, 0.5) is 0 Å². The van der Waals surface area contributed by atoms with Crippen molar-refractivity contribution in [2.75, 3.05) is 13.2 Å². The molecule has 0 saturated carbocycles. The molecule has 2 saturated heterocycles. The molecule has 0 aromatic heterocycles. The summed E-state index contributed by atoms with van der Waals surface area (Å²) in [5, 5.41) is 0. The van der Waals surface area contributed by atoms with Crippen molar-refractivity contribution in [2.45, 2.75) is 38.8 Å². The summed E-state index contributed by atoms with van der Waals surface area (Å²) in [5.74, 6) is 0.714. The monoisotopic (exact) mass is 183 g/mol. The van der Waals surface area contributed by atoms with Gasteiger partial charge in [-0.25, -0.2) is 0 Å². The second-order valence-electron chi connectivity index (χ2n) is 4.25. The van der Waals surface area contributed by atoms with Crippen LogP contribution in [-0.4, -0.2) is 36.1 Å². The maximum Gasteiger partial charge on any atom is 0.252 e. The Kier molecular flexibility index (Phi) is 2.28. The maximum atomic E-state index is 11.8. The first-order chi connectivity index (χ1) is 6.20. The van der Waals surface area contributed by atoms with Crippen molar-refractivity contribution in [1.29, 1.82) is 0 Å². The molecule has 3 nitrogen and oxygen atoms in total. The van der Waals surface area contributed by atoms with Gasteiger partial charge >= 0.3 is 0 Å². The highest BCUT2D eigenvalue weighted by Gasteiger charge is 2.41. The molecule has 0 radical (unpaired) electrons. The molecule has 3 heteroatoms. The molecular weight excluding hydrogens is 166 g/mol. The standard InChI is InChI=1S/C10H17NO2/c1-7(2)11-5-3-8-4-6-13-9(8)10(11)12/h7-9H,3-6H2,1-2H3/t8-,9+/m0/s1. The molecule has 0 aromatic rings. The molecule has 2 atom stereocenters. The number of likely N-dealkylation sites (tertiary alicyclic amines) is 1. The molecule has 13 heavy (non-hydrogen) atoms. The topological polar surface area (TPSA) is 29.5 Å². The van der Waals surface area contributed by atoms with Gasteiger partial charge in [-0.3, -0.25) is 4.79 Å². The minimum absolute atomic E-state index is 0.115. The van der Waals surface area contributed by atoms with E-state index in [0.717, 1.165) is 26.0 Å². The highest BCUT2D eigenvalue weighted by Crippen LogP contribution is 2.30. The van der Waals surface area contributed by atoms with Gasteiger partial charge in [0.1, 0.15) is 6.10 Å². The van der Waals surface area contributed by atoms with Crippen LogP contribution in [0.15, 0.2) is 0 Å².